The molecule has 0 aliphatic carbocycles. The summed E-state index contributed by atoms with van der Waals surface area (Å²) in [6.07, 6.45) is 2.96. The number of carboxylic acid groups (broad SMARTS) is 1. The van der Waals surface area contributed by atoms with Gasteiger partial charge >= 0.3 is 5.97 Å². The monoisotopic (exact) mass is 280 g/mol. The lowest BCUT2D eigenvalue weighted by molar-refractivity contribution is -0.132. The number of amides is 1. The fourth-order valence-corrected chi connectivity index (χ4v) is 0. The van der Waals surface area contributed by atoms with Gasteiger partial charge < -0.3 is 10.8 Å². The smallest absolute Gasteiger partial charge is 0.330 e. The molecule has 1 amide bonds. The Bertz CT molecular complexity index is 374. The zero-order chi connectivity index (χ0) is 17.1. The predicted octanol–water partition coefficient (Wildman–Crippen LogP) is 1.76. The van der Waals surface area contributed by atoms with Gasteiger partial charge in [0.1, 0.15) is 6.29 Å². The molecule has 6 nitrogen and oxygen atoms in total. The molecule has 0 saturated heterocycles. The van der Waals surface area contributed by atoms with Crippen LogP contribution in [0.1, 0.15) is 13.8 Å². The molecular formula is C14H20N2O4. The second-order valence-electron chi connectivity index (χ2n) is 2.99. The summed E-state index contributed by atoms with van der Waals surface area (Å²) < 4.78 is 0. The number of carbonyl (C=O) groups is 3. The number of hydrogen-bond acceptors (Lipinski definition) is 4. The third kappa shape index (κ3) is 81.1. The van der Waals surface area contributed by atoms with Crippen LogP contribution < -0.4 is 5.73 Å². The molecule has 0 aromatic heterocycles. The van der Waals surface area contributed by atoms with E-state index in [2.05, 4.69) is 32.0 Å². The van der Waals surface area contributed by atoms with Gasteiger partial charge in [0.2, 0.25) is 5.91 Å². The van der Waals surface area contributed by atoms with E-state index < -0.39 is 11.9 Å². The minimum Gasteiger partial charge on any atom is -0.478 e. The van der Waals surface area contributed by atoms with Crippen LogP contribution in [0.4, 0.5) is 0 Å². The molecule has 0 saturated carbocycles. The highest BCUT2D eigenvalue weighted by atomic mass is 16.4. The SMILES string of the molecule is C=C(C)C(=O)O.C=C(C)C=O.C=CC#N.C=CC(N)=O. The topological polar surface area (TPSA) is 121 Å². The Morgan fingerprint density at radius 3 is 1.45 bits per heavy atom. The molecule has 110 valence electrons. The molecule has 0 rings (SSSR count). The number of aliphatic carboxylic acids is 1. The summed E-state index contributed by atoms with van der Waals surface area (Å²) in [6, 6.07) is 1.69. The number of nitrogens with zero attached hydrogens (tertiary/aromatic N) is 1. The van der Waals surface area contributed by atoms with Gasteiger partial charge in [0.05, 0.1) is 6.07 Å². The summed E-state index contributed by atoms with van der Waals surface area (Å²) >= 11 is 0. The number of nitriles is 1. The molecule has 0 radical (unpaired) electrons. The van der Waals surface area contributed by atoms with Gasteiger partial charge in [-0.25, -0.2) is 4.79 Å². The average Bonchev–Trinajstić information content (AvgIpc) is 2.40. The van der Waals surface area contributed by atoms with Crippen LogP contribution in [0.5, 0.6) is 0 Å². The molecule has 3 N–H and O–H groups in total. The Kier molecular flexibility index (Phi) is 27.5. The second-order valence-corrected chi connectivity index (χ2v) is 2.99. The number of carbonyl (C=O) groups excluding carboxylic acids is 2. The van der Waals surface area contributed by atoms with Crippen molar-refractivity contribution in [1.29, 1.82) is 5.26 Å². The Labute approximate surface area is 119 Å². The summed E-state index contributed by atoms with van der Waals surface area (Å²) in [6.45, 7) is 15.8. The number of rotatable bonds is 3. The van der Waals surface area contributed by atoms with E-state index in [1.165, 1.54) is 13.0 Å². The van der Waals surface area contributed by atoms with E-state index in [4.69, 9.17) is 10.4 Å². The lowest BCUT2D eigenvalue weighted by Crippen LogP contribution is -2.04. The fourth-order valence-electron chi connectivity index (χ4n) is 0. The standard InChI is InChI=1S/C4H6O2.C4H6O.C3H5NO.C3H3N/c1-3(2)4(5)6;1-4(2)3-5;1-2-3(4)5;1-2-3-4/h1H2,2H3,(H,5,6);3H,1H2,2H3;2H,1H2,(H2,4,5);2H,1H2. The summed E-state index contributed by atoms with van der Waals surface area (Å²) in [5.41, 5.74) is 5.28. The number of carboxylic acids is 1. The summed E-state index contributed by atoms with van der Waals surface area (Å²) in [7, 11) is 0. The van der Waals surface area contributed by atoms with E-state index in [1.54, 1.807) is 13.0 Å². The van der Waals surface area contributed by atoms with Crippen LogP contribution in [0.15, 0.2) is 49.6 Å². The molecule has 0 bridgehead atoms. The first-order valence-electron chi connectivity index (χ1n) is 5.02. The van der Waals surface area contributed by atoms with E-state index in [-0.39, 0.29) is 5.57 Å². The molecule has 6 heteroatoms. The Hall–Kier alpha value is -2.94. The van der Waals surface area contributed by atoms with Crippen LogP contribution in [-0.2, 0) is 14.4 Å². The molecule has 0 heterocycles. The highest BCUT2D eigenvalue weighted by molar-refractivity contribution is 5.85. The van der Waals surface area contributed by atoms with Gasteiger partial charge in [-0.05, 0) is 25.5 Å². The Morgan fingerprint density at radius 2 is 1.45 bits per heavy atom. The maximum absolute atomic E-state index is 9.60. The summed E-state index contributed by atoms with van der Waals surface area (Å²) in [4.78, 5) is 28.5. The van der Waals surface area contributed by atoms with E-state index in [9.17, 15) is 14.4 Å². The third-order valence-corrected chi connectivity index (χ3v) is 0.859. The molecule has 0 aliphatic heterocycles. The highest BCUT2D eigenvalue weighted by Gasteiger charge is 1.90. The van der Waals surface area contributed by atoms with Crippen LogP contribution in [0.25, 0.3) is 0 Å². The summed E-state index contributed by atoms with van der Waals surface area (Å²) in [5.74, 6) is -1.42. The van der Waals surface area contributed by atoms with Crippen molar-refractivity contribution in [3.05, 3.63) is 49.6 Å². The zero-order valence-electron chi connectivity index (χ0n) is 11.8. The van der Waals surface area contributed by atoms with E-state index in [1.807, 2.05) is 0 Å². The second kappa shape index (κ2) is 21.4. The van der Waals surface area contributed by atoms with Gasteiger partial charge in [-0.15, -0.1) is 0 Å². The van der Waals surface area contributed by atoms with Crippen LogP contribution >= 0.6 is 0 Å². The molecular weight excluding hydrogens is 260 g/mol. The lowest BCUT2D eigenvalue weighted by Gasteiger charge is -1.79. The Morgan fingerprint density at radius 1 is 1.25 bits per heavy atom. The summed E-state index contributed by atoms with van der Waals surface area (Å²) in [5, 5.41) is 15.4. The van der Waals surface area contributed by atoms with Crippen molar-refractivity contribution in [2.24, 2.45) is 5.73 Å². The molecule has 0 fully saturated rings. The van der Waals surface area contributed by atoms with Gasteiger partial charge in [-0.2, -0.15) is 5.26 Å². The first-order chi connectivity index (χ1) is 9.10. The third-order valence-electron chi connectivity index (χ3n) is 0.859. The van der Waals surface area contributed by atoms with E-state index in [0.717, 1.165) is 12.4 Å². The lowest BCUT2D eigenvalue weighted by atomic mass is 10.4. The first-order valence-corrected chi connectivity index (χ1v) is 5.02. The predicted molar refractivity (Wildman–Crippen MR) is 78.5 cm³/mol. The fraction of sp³-hybridized carbons (Fsp3) is 0.143. The van der Waals surface area contributed by atoms with Crippen LogP contribution in [0.2, 0.25) is 0 Å². The molecule has 0 aliphatic rings. The molecule has 0 spiro atoms. The maximum atomic E-state index is 9.60. The number of nitrogens with two attached hydrogens (primary N) is 1. The average molecular weight is 280 g/mol. The minimum absolute atomic E-state index is 0.176. The number of allylic oxidation sites excluding steroid dienone is 2. The van der Waals surface area contributed by atoms with Crippen LogP contribution in [-0.4, -0.2) is 23.3 Å². The number of hydrogen-bond donors (Lipinski definition) is 2. The van der Waals surface area contributed by atoms with Crippen molar-refractivity contribution in [2.75, 3.05) is 0 Å². The van der Waals surface area contributed by atoms with Gasteiger partial charge in [-0.3, -0.25) is 9.59 Å². The van der Waals surface area contributed by atoms with Gasteiger partial charge in [-0.1, -0.05) is 26.3 Å². The number of primary amides is 1. The molecule has 0 atom stereocenters. The maximum Gasteiger partial charge on any atom is 0.330 e. The van der Waals surface area contributed by atoms with Crippen LogP contribution in [0, 0.1) is 11.3 Å². The quantitative estimate of drug-likeness (QED) is 0.463. The van der Waals surface area contributed by atoms with Gasteiger partial charge in [0.15, 0.2) is 0 Å². The van der Waals surface area contributed by atoms with Gasteiger partial charge in [0.25, 0.3) is 0 Å². The molecule has 0 aromatic rings. The van der Waals surface area contributed by atoms with Crippen molar-refractivity contribution >= 4 is 18.2 Å². The highest BCUT2D eigenvalue weighted by Crippen LogP contribution is 1.81. The van der Waals surface area contributed by atoms with Crippen molar-refractivity contribution in [3.8, 4) is 6.07 Å². The molecule has 20 heavy (non-hydrogen) atoms. The minimum atomic E-state index is -0.935. The zero-order valence-corrected chi connectivity index (χ0v) is 11.8. The first kappa shape index (κ1) is 25.8. The Balaban J connectivity index is -0.0000000862. The largest absolute Gasteiger partial charge is 0.478 e. The van der Waals surface area contributed by atoms with Crippen molar-refractivity contribution in [2.45, 2.75) is 13.8 Å². The van der Waals surface area contributed by atoms with Crippen molar-refractivity contribution in [1.82, 2.24) is 0 Å². The van der Waals surface area contributed by atoms with Gasteiger partial charge in [0, 0.05) is 11.6 Å². The van der Waals surface area contributed by atoms with E-state index >= 15 is 0 Å². The molecule has 0 aromatic carbocycles. The normalized spacial score (nSPS) is 6.25. The van der Waals surface area contributed by atoms with E-state index in [0.29, 0.717) is 5.57 Å². The number of aldehydes is 1. The van der Waals surface area contributed by atoms with Crippen molar-refractivity contribution < 1.29 is 19.5 Å². The molecule has 0 unspecified atom stereocenters. The van der Waals surface area contributed by atoms with Crippen molar-refractivity contribution in [3.63, 3.8) is 0 Å². The van der Waals surface area contributed by atoms with Crippen LogP contribution in [0.3, 0.4) is 0 Å².